The van der Waals surface area contributed by atoms with Crippen LogP contribution in [-0.4, -0.2) is 9.38 Å². The summed E-state index contributed by atoms with van der Waals surface area (Å²) in [6.45, 7) is 0. The molecule has 8 rings (SSSR count). The first-order valence-corrected chi connectivity index (χ1v) is 15.9. The van der Waals surface area contributed by atoms with E-state index in [0.717, 1.165) is 27.4 Å². The molecule has 4 heteroatoms. The van der Waals surface area contributed by atoms with Crippen molar-refractivity contribution in [2.45, 2.75) is 0 Å². The molecule has 2 nitrogen and oxygen atoms in total. The highest BCUT2D eigenvalue weighted by atomic mass is 32.4. The van der Waals surface area contributed by atoms with Gasteiger partial charge in [0.05, 0.1) is 16.6 Å². The molecule has 0 aliphatic carbocycles. The van der Waals surface area contributed by atoms with E-state index in [2.05, 4.69) is 144 Å². The molecule has 184 valence electrons. The average Bonchev–Trinajstić information content (AvgIpc) is 3.40. The number of hydrogen-bond donors (Lipinski definition) is 0. The fraction of sp³-hybridized carbons (Fsp3) is 0. The van der Waals surface area contributed by atoms with Crippen molar-refractivity contribution in [3.8, 4) is 0 Å². The fourth-order valence-corrected chi connectivity index (χ4v) is 9.68. The molecule has 0 radical (unpaired) electrons. The van der Waals surface area contributed by atoms with Crippen LogP contribution in [0, 0.1) is 0 Å². The summed E-state index contributed by atoms with van der Waals surface area (Å²) in [5, 5.41) is 9.60. The largest absolute Gasteiger partial charge is 0.292 e. The van der Waals surface area contributed by atoms with Gasteiger partial charge in [0, 0.05) is 16.8 Å². The van der Waals surface area contributed by atoms with E-state index in [4.69, 9.17) is 16.8 Å². The van der Waals surface area contributed by atoms with Crippen molar-refractivity contribution in [1.29, 1.82) is 0 Å². The van der Waals surface area contributed by atoms with Crippen LogP contribution in [0.2, 0.25) is 0 Å². The number of nitrogens with zero attached hydrogens (tertiary/aromatic N) is 2. The van der Waals surface area contributed by atoms with Crippen molar-refractivity contribution in [1.82, 2.24) is 9.38 Å². The van der Waals surface area contributed by atoms with Crippen LogP contribution in [0.3, 0.4) is 0 Å². The number of para-hydroxylation sites is 1. The predicted octanol–water partition coefficient (Wildman–Crippen LogP) is 7.70. The van der Waals surface area contributed by atoms with Gasteiger partial charge in [-0.15, -0.1) is 0 Å². The minimum absolute atomic E-state index is 0.972. The Morgan fingerprint density at radius 3 is 1.97 bits per heavy atom. The van der Waals surface area contributed by atoms with Crippen LogP contribution < -0.4 is 15.9 Å². The molecule has 0 fully saturated rings. The third-order valence-electron chi connectivity index (χ3n) is 7.82. The van der Waals surface area contributed by atoms with Crippen molar-refractivity contribution in [2.24, 2.45) is 0 Å². The zero-order valence-corrected chi connectivity index (χ0v) is 22.7. The molecule has 0 spiro atoms. The second kappa shape index (κ2) is 8.61. The lowest BCUT2D eigenvalue weighted by Crippen LogP contribution is -2.24. The highest BCUT2D eigenvalue weighted by Crippen LogP contribution is 2.44. The number of fused-ring (bicyclic) bond motifs is 9. The van der Waals surface area contributed by atoms with Gasteiger partial charge in [0.25, 0.3) is 0 Å². The van der Waals surface area contributed by atoms with Crippen LogP contribution in [-0.2, 0) is 11.8 Å². The van der Waals surface area contributed by atoms with E-state index < -0.39 is 6.04 Å². The first kappa shape index (κ1) is 22.7. The zero-order valence-electron chi connectivity index (χ0n) is 21.0. The summed E-state index contributed by atoms with van der Waals surface area (Å²) >= 11 is 6.74. The minimum atomic E-state index is -2.34. The molecule has 0 bridgehead atoms. The lowest BCUT2D eigenvalue weighted by Gasteiger charge is -2.24. The Morgan fingerprint density at radius 1 is 0.487 bits per heavy atom. The summed E-state index contributed by atoms with van der Waals surface area (Å²) in [5.74, 6) is 0. The number of pyridine rings is 1. The van der Waals surface area contributed by atoms with Gasteiger partial charge in [-0.3, -0.25) is 4.40 Å². The first-order valence-electron chi connectivity index (χ1n) is 13.1. The molecule has 0 aliphatic rings. The number of benzene rings is 6. The quantitative estimate of drug-likeness (QED) is 0.171. The van der Waals surface area contributed by atoms with Crippen molar-refractivity contribution in [3.05, 3.63) is 140 Å². The molecule has 0 saturated carbocycles. The second-order valence-electron chi connectivity index (χ2n) is 9.98. The van der Waals surface area contributed by atoms with E-state index in [1.807, 2.05) is 0 Å². The molecule has 0 aliphatic heterocycles. The van der Waals surface area contributed by atoms with E-state index in [-0.39, 0.29) is 0 Å². The Kier molecular flexibility index (Phi) is 5.00. The van der Waals surface area contributed by atoms with Crippen LogP contribution in [0.15, 0.2) is 140 Å². The van der Waals surface area contributed by atoms with Crippen LogP contribution >= 0.6 is 6.04 Å². The first-order chi connectivity index (χ1) is 19.2. The summed E-state index contributed by atoms with van der Waals surface area (Å²) in [7, 11) is 0. The van der Waals surface area contributed by atoms with Crippen LogP contribution in [0.4, 0.5) is 0 Å². The number of hydrogen-bond acceptors (Lipinski definition) is 2. The maximum absolute atomic E-state index is 6.74. The van der Waals surface area contributed by atoms with Gasteiger partial charge in [0.15, 0.2) is 0 Å². The molecule has 1 atom stereocenters. The minimum Gasteiger partial charge on any atom is -0.292 e. The highest BCUT2D eigenvalue weighted by molar-refractivity contribution is 8.25. The van der Waals surface area contributed by atoms with Gasteiger partial charge in [-0.05, 0) is 56.3 Å². The zero-order chi connectivity index (χ0) is 26.0. The van der Waals surface area contributed by atoms with E-state index in [0.29, 0.717) is 0 Å². The molecule has 39 heavy (non-hydrogen) atoms. The van der Waals surface area contributed by atoms with E-state index in [1.165, 1.54) is 37.7 Å². The third-order valence-corrected chi connectivity index (χ3v) is 12.8. The van der Waals surface area contributed by atoms with Gasteiger partial charge in [-0.2, -0.15) is 0 Å². The number of aromatic nitrogens is 2. The maximum atomic E-state index is 6.74. The average molecular weight is 535 g/mol. The highest BCUT2D eigenvalue weighted by Gasteiger charge is 2.26. The standard InChI is InChI=1S/C35H23N2PS/c39-38(26-12-2-1-3-13-26,27-19-18-24-10-4-5-11-25(24)22-27)28-20-21-34-32(23-28)36-35-31-16-7-6-14-29(31)30-15-8-9-17-33(30)37(34)35/h1-23H. The summed E-state index contributed by atoms with van der Waals surface area (Å²) in [5.41, 5.74) is 4.22. The summed E-state index contributed by atoms with van der Waals surface area (Å²) in [6, 6.07) is 47.4. The van der Waals surface area contributed by atoms with Crippen molar-refractivity contribution in [3.63, 3.8) is 0 Å². The lowest BCUT2D eigenvalue weighted by molar-refractivity contribution is 1.31. The molecule has 0 amide bonds. The fourth-order valence-electron chi connectivity index (χ4n) is 5.96. The number of rotatable bonds is 3. The molecule has 2 heterocycles. The molecule has 2 aromatic heterocycles. The van der Waals surface area contributed by atoms with Crippen LogP contribution in [0.5, 0.6) is 0 Å². The predicted molar refractivity (Wildman–Crippen MR) is 171 cm³/mol. The Bertz CT molecular complexity index is 2270. The molecule has 6 aromatic carbocycles. The molecule has 8 aromatic rings. The lowest BCUT2D eigenvalue weighted by atomic mass is 10.1. The normalized spacial score (nSPS) is 13.4. The second-order valence-corrected chi connectivity index (χ2v) is 14.4. The van der Waals surface area contributed by atoms with Gasteiger partial charge >= 0.3 is 0 Å². The smallest absolute Gasteiger partial charge is 0.146 e. The van der Waals surface area contributed by atoms with Gasteiger partial charge in [0.1, 0.15) is 5.65 Å². The van der Waals surface area contributed by atoms with E-state index in [1.54, 1.807) is 0 Å². The van der Waals surface area contributed by atoms with Crippen LogP contribution in [0.25, 0.3) is 49.1 Å². The van der Waals surface area contributed by atoms with Gasteiger partial charge in [0.2, 0.25) is 0 Å². The van der Waals surface area contributed by atoms with Gasteiger partial charge < -0.3 is 0 Å². The van der Waals surface area contributed by atoms with Crippen molar-refractivity contribution < 1.29 is 0 Å². The molecule has 1 unspecified atom stereocenters. The van der Waals surface area contributed by atoms with Gasteiger partial charge in [-0.1, -0.05) is 127 Å². The van der Waals surface area contributed by atoms with Crippen LogP contribution in [0.1, 0.15) is 0 Å². The Balaban J connectivity index is 1.44. The summed E-state index contributed by atoms with van der Waals surface area (Å²) in [4.78, 5) is 5.24. The van der Waals surface area contributed by atoms with Gasteiger partial charge in [-0.25, -0.2) is 4.98 Å². The molecular formula is C35H23N2PS. The molecule has 0 N–H and O–H groups in total. The molecular weight excluding hydrogens is 511 g/mol. The Labute approximate surface area is 231 Å². The summed E-state index contributed by atoms with van der Waals surface area (Å²) < 4.78 is 2.30. The van der Waals surface area contributed by atoms with Crippen molar-refractivity contribution >= 4 is 82.9 Å². The summed E-state index contributed by atoms with van der Waals surface area (Å²) in [6.07, 6.45) is 0. The SMILES string of the molecule is S=P(c1ccccc1)(c1ccc2ccccc2c1)c1ccc2c(c1)nc1c3ccccc3c3ccccc3n21. The van der Waals surface area contributed by atoms with E-state index in [9.17, 15) is 0 Å². The Hall–Kier alpha value is -4.30. The topological polar surface area (TPSA) is 17.3 Å². The Morgan fingerprint density at radius 2 is 1.13 bits per heavy atom. The number of imidazole rings is 1. The van der Waals surface area contributed by atoms with Crippen molar-refractivity contribution in [2.75, 3.05) is 0 Å². The third kappa shape index (κ3) is 3.34. The monoisotopic (exact) mass is 534 g/mol. The van der Waals surface area contributed by atoms with E-state index >= 15 is 0 Å². The molecule has 0 saturated heterocycles. The maximum Gasteiger partial charge on any atom is 0.146 e.